The first kappa shape index (κ1) is 12.1. The second-order valence-corrected chi connectivity index (χ2v) is 4.13. The lowest BCUT2D eigenvalue weighted by Gasteiger charge is -1.97. The van der Waals surface area contributed by atoms with E-state index < -0.39 is 0 Å². The van der Waals surface area contributed by atoms with Crippen LogP contribution in [0.25, 0.3) is 5.69 Å². The van der Waals surface area contributed by atoms with Gasteiger partial charge < -0.3 is 0 Å². The highest BCUT2D eigenvalue weighted by Gasteiger charge is 1.99. The molecule has 2 aromatic carbocycles. The van der Waals surface area contributed by atoms with Crippen LogP contribution in [-0.2, 0) is 0 Å². The van der Waals surface area contributed by atoms with Gasteiger partial charge >= 0.3 is 0 Å². The Labute approximate surface area is 116 Å². The van der Waals surface area contributed by atoms with E-state index in [-0.39, 0.29) is 0 Å². The molecule has 0 aliphatic carbocycles. The molecule has 3 aromatic rings. The molecule has 0 unspecified atom stereocenters. The van der Waals surface area contributed by atoms with Crippen LogP contribution in [0.4, 0.5) is 5.69 Å². The number of para-hydroxylation sites is 2. The van der Waals surface area contributed by atoms with Crippen LogP contribution in [0.15, 0.2) is 72.0 Å². The van der Waals surface area contributed by atoms with Gasteiger partial charge in [0.1, 0.15) is 5.69 Å². The summed E-state index contributed by atoms with van der Waals surface area (Å²) >= 11 is 0. The molecule has 0 bridgehead atoms. The van der Waals surface area contributed by atoms with Gasteiger partial charge in [-0.05, 0) is 24.3 Å². The van der Waals surface area contributed by atoms with Crippen LogP contribution in [0.3, 0.4) is 0 Å². The number of hydrogen-bond donors (Lipinski definition) is 1. The lowest BCUT2D eigenvalue weighted by atomic mass is 10.3. The summed E-state index contributed by atoms with van der Waals surface area (Å²) in [6, 6.07) is 19.5. The highest BCUT2D eigenvalue weighted by atomic mass is 15.5. The molecule has 0 atom stereocenters. The molecule has 20 heavy (non-hydrogen) atoms. The summed E-state index contributed by atoms with van der Waals surface area (Å²) in [5.41, 5.74) is 5.48. The zero-order valence-electron chi connectivity index (χ0n) is 10.7. The van der Waals surface area contributed by atoms with E-state index in [1.54, 1.807) is 17.2 Å². The van der Waals surface area contributed by atoms with Crippen molar-refractivity contribution in [3.05, 3.63) is 72.6 Å². The minimum atomic E-state index is 0.692. The van der Waals surface area contributed by atoms with Crippen molar-refractivity contribution in [1.82, 2.24) is 15.0 Å². The number of hydrazone groups is 1. The van der Waals surface area contributed by atoms with Gasteiger partial charge in [0.25, 0.3) is 0 Å². The maximum absolute atomic E-state index is 4.33. The van der Waals surface area contributed by atoms with Crippen molar-refractivity contribution in [3.8, 4) is 5.69 Å². The van der Waals surface area contributed by atoms with Crippen molar-refractivity contribution in [1.29, 1.82) is 0 Å². The SMILES string of the molecule is C(=N/Nc1ccccc1)/c1cnn(-c2ccccc2)n1. The van der Waals surface area contributed by atoms with Crippen LogP contribution in [0.5, 0.6) is 0 Å². The molecule has 0 amide bonds. The molecule has 1 aromatic heterocycles. The minimum Gasteiger partial charge on any atom is -0.278 e. The van der Waals surface area contributed by atoms with Crippen molar-refractivity contribution >= 4 is 11.9 Å². The van der Waals surface area contributed by atoms with E-state index >= 15 is 0 Å². The first-order valence-electron chi connectivity index (χ1n) is 6.24. The average Bonchev–Trinajstić information content (AvgIpc) is 2.98. The van der Waals surface area contributed by atoms with Crippen LogP contribution < -0.4 is 5.43 Å². The van der Waals surface area contributed by atoms with Crippen LogP contribution in [-0.4, -0.2) is 21.2 Å². The zero-order chi connectivity index (χ0) is 13.6. The molecule has 5 heteroatoms. The molecule has 0 fully saturated rings. The molecule has 0 radical (unpaired) electrons. The van der Waals surface area contributed by atoms with Gasteiger partial charge in [-0.25, -0.2) is 0 Å². The predicted octanol–water partition coefficient (Wildman–Crippen LogP) is 2.71. The summed E-state index contributed by atoms with van der Waals surface area (Å²) in [7, 11) is 0. The molecule has 98 valence electrons. The van der Waals surface area contributed by atoms with Crippen LogP contribution in [0, 0.1) is 0 Å². The fourth-order valence-corrected chi connectivity index (χ4v) is 1.71. The van der Waals surface area contributed by atoms with Gasteiger partial charge in [-0.2, -0.15) is 15.0 Å². The van der Waals surface area contributed by atoms with E-state index in [4.69, 9.17) is 0 Å². The van der Waals surface area contributed by atoms with Crippen LogP contribution in [0.2, 0.25) is 0 Å². The number of nitrogens with one attached hydrogen (secondary N) is 1. The number of aromatic nitrogens is 3. The maximum atomic E-state index is 4.33. The van der Waals surface area contributed by atoms with Crippen LogP contribution in [0.1, 0.15) is 5.69 Å². The van der Waals surface area contributed by atoms with E-state index in [0.29, 0.717) is 5.69 Å². The van der Waals surface area contributed by atoms with Crippen molar-refractivity contribution in [2.45, 2.75) is 0 Å². The monoisotopic (exact) mass is 263 g/mol. The zero-order valence-corrected chi connectivity index (χ0v) is 10.7. The van der Waals surface area contributed by atoms with Gasteiger partial charge in [0, 0.05) is 0 Å². The molecule has 1 N–H and O–H groups in total. The summed E-state index contributed by atoms with van der Waals surface area (Å²) in [5, 5.41) is 12.7. The Morgan fingerprint density at radius 3 is 2.40 bits per heavy atom. The lowest BCUT2D eigenvalue weighted by molar-refractivity contribution is 0.751. The number of nitrogens with zero attached hydrogens (tertiary/aromatic N) is 4. The third-order valence-corrected chi connectivity index (χ3v) is 2.66. The Hall–Kier alpha value is -2.95. The minimum absolute atomic E-state index is 0.692. The summed E-state index contributed by atoms with van der Waals surface area (Å²) in [6.45, 7) is 0. The Balaban J connectivity index is 1.69. The molecule has 0 saturated heterocycles. The van der Waals surface area contributed by atoms with E-state index in [9.17, 15) is 0 Å². The predicted molar refractivity (Wildman–Crippen MR) is 79.0 cm³/mol. The van der Waals surface area contributed by atoms with Gasteiger partial charge in [-0.3, -0.25) is 5.43 Å². The molecule has 1 heterocycles. The smallest absolute Gasteiger partial charge is 0.126 e. The van der Waals surface area contributed by atoms with E-state index in [0.717, 1.165) is 11.4 Å². The number of benzene rings is 2. The van der Waals surface area contributed by atoms with Gasteiger partial charge in [-0.1, -0.05) is 36.4 Å². The van der Waals surface area contributed by atoms with Crippen molar-refractivity contribution in [2.75, 3.05) is 5.43 Å². The molecule has 5 nitrogen and oxygen atoms in total. The van der Waals surface area contributed by atoms with Gasteiger partial charge in [0.15, 0.2) is 0 Å². The molecule has 0 spiro atoms. The number of anilines is 1. The standard InChI is InChI=1S/C15H13N5/c1-3-7-13(8-4-1)18-16-11-14-12-17-20(19-14)15-9-5-2-6-10-15/h1-12,18H/b16-11-. The second kappa shape index (κ2) is 5.79. The largest absolute Gasteiger partial charge is 0.278 e. The maximum Gasteiger partial charge on any atom is 0.126 e. The van der Waals surface area contributed by atoms with E-state index in [1.165, 1.54) is 0 Å². The molecule has 0 aliphatic heterocycles. The summed E-state index contributed by atoms with van der Waals surface area (Å²) in [6.07, 6.45) is 3.31. The highest BCUT2D eigenvalue weighted by Crippen LogP contribution is 2.05. The number of hydrogen-bond acceptors (Lipinski definition) is 4. The molecular formula is C15H13N5. The van der Waals surface area contributed by atoms with E-state index in [1.807, 2.05) is 60.7 Å². The summed E-state index contributed by atoms with van der Waals surface area (Å²) < 4.78 is 0. The average molecular weight is 263 g/mol. The van der Waals surface area contributed by atoms with Crippen molar-refractivity contribution < 1.29 is 0 Å². The molecule has 3 rings (SSSR count). The fourth-order valence-electron chi connectivity index (χ4n) is 1.71. The Kier molecular flexibility index (Phi) is 3.51. The second-order valence-electron chi connectivity index (χ2n) is 4.13. The number of rotatable bonds is 4. The first-order valence-corrected chi connectivity index (χ1v) is 6.24. The van der Waals surface area contributed by atoms with Gasteiger partial charge in [0.05, 0.1) is 23.8 Å². The Bertz CT molecular complexity index is 689. The van der Waals surface area contributed by atoms with E-state index in [2.05, 4.69) is 20.7 Å². The quantitative estimate of drug-likeness (QED) is 0.581. The van der Waals surface area contributed by atoms with Crippen LogP contribution >= 0.6 is 0 Å². The molecule has 0 saturated carbocycles. The normalized spacial score (nSPS) is 10.8. The summed E-state index contributed by atoms with van der Waals surface area (Å²) in [5.74, 6) is 0. The van der Waals surface area contributed by atoms with Gasteiger partial charge in [0.2, 0.25) is 0 Å². The summed E-state index contributed by atoms with van der Waals surface area (Å²) in [4.78, 5) is 1.57. The third-order valence-electron chi connectivity index (χ3n) is 2.66. The van der Waals surface area contributed by atoms with Crippen molar-refractivity contribution in [2.24, 2.45) is 5.10 Å². The first-order chi connectivity index (χ1) is 9.92. The fraction of sp³-hybridized carbons (Fsp3) is 0. The molecule has 0 aliphatic rings. The third kappa shape index (κ3) is 2.89. The lowest BCUT2D eigenvalue weighted by Crippen LogP contribution is -1.98. The molecular weight excluding hydrogens is 250 g/mol. The highest BCUT2D eigenvalue weighted by molar-refractivity contribution is 5.77. The Morgan fingerprint density at radius 2 is 1.65 bits per heavy atom. The van der Waals surface area contributed by atoms with Gasteiger partial charge in [-0.15, -0.1) is 5.10 Å². The Morgan fingerprint density at radius 1 is 0.950 bits per heavy atom. The van der Waals surface area contributed by atoms with Crippen molar-refractivity contribution in [3.63, 3.8) is 0 Å². The topological polar surface area (TPSA) is 55.1 Å².